The summed E-state index contributed by atoms with van der Waals surface area (Å²) in [6.07, 6.45) is 6.04. The summed E-state index contributed by atoms with van der Waals surface area (Å²) in [5.74, 6) is 0. The van der Waals surface area contributed by atoms with Crippen LogP contribution in [0.5, 0.6) is 0 Å². The van der Waals surface area contributed by atoms with Crippen LogP contribution in [-0.2, 0) is 11.0 Å². The van der Waals surface area contributed by atoms with E-state index in [1.807, 2.05) is 16.8 Å². The van der Waals surface area contributed by atoms with E-state index in [0.717, 1.165) is 24.2 Å². The molecule has 0 aromatic carbocycles. The van der Waals surface area contributed by atoms with Gasteiger partial charge in [0, 0.05) is 18.5 Å². The van der Waals surface area contributed by atoms with Gasteiger partial charge in [-0.1, -0.05) is 20.8 Å². The fourth-order valence-corrected chi connectivity index (χ4v) is 1.90. The topological polar surface area (TPSA) is 56.2 Å². The molecule has 0 bridgehead atoms. The summed E-state index contributed by atoms with van der Waals surface area (Å²) in [5, 5.41) is 4.55. The van der Waals surface area contributed by atoms with E-state index in [1.165, 1.54) is 5.56 Å². The summed E-state index contributed by atoms with van der Waals surface area (Å²) in [6, 6.07) is 2.00. The minimum atomic E-state index is -0.185. The second-order valence-electron chi connectivity index (χ2n) is 6.08. The lowest BCUT2D eigenvalue weighted by Gasteiger charge is -2.17. The van der Waals surface area contributed by atoms with Crippen molar-refractivity contribution in [3.05, 3.63) is 29.7 Å². The highest BCUT2D eigenvalue weighted by molar-refractivity contribution is 5.43. The van der Waals surface area contributed by atoms with E-state index in [2.05, 4.69) is 37.1 Å². The van der Waals surface area contributed by atoms with Crippen molar-refractivity contribution in [1.29, 1.82) is 0 Å². The molecule has 1 saturated carbocycles. The summed E-state index contributed by atoms with van der Waals surface area (Å²) >= 11 is 0. The van der Waals surface area contributed by atoms with Gasteiger partial charge in [-0.15, -0.1) is 0 Å². The SMILES string of the molecule is CC(C)(C)c1cnc2cc(C3(N)CC3)nn2c1. The van der Waals surface area contributed by atoms with E-state index in [0.29, 0.717) is 0 Å². The first-order valence-electron chi connectivity index (χ1n) is 6.04. The summed E-state index contributed by atoms with van der Waals surface area (Å²) in [6.45, 7) is 6.52. The van der Waals surface area contributed by atoms with Crippen molar-refractivity contribution in [2.45, 2.75) is 44.6 Å². The summed E-state index contributed by atoms with van der Waals surface area (Å²) in [4.78, 5) is 4.45. The maximum Gasteiger partial charge on any atom is 0.155 e. The average molecular weight is 230 g/mol. The third-order valence-electron chi connectivity index (χ3n) is 3.48. The van der Waals surface area contributed by atoms with Gasteiger partial charge in [-0.2, -0.15) is 5.10 Å². The molecule has 2 aromatic heterocycles. The van der Waals surface area contributed by atoms with Crippen molar-refractivity contribution in [3.63, 3.8) is 0 Å². The van der Waals surface area contributed by atoms with E-state index in [1.54, 1.807) is 0 Å². The smallest absolute Gasteiger partial charge is 0.155 e. The molecule has 2 N–H and O–H groups in total. The van der Waals surface area contributed by atoms with Gasteiger partial charge in [0.25, 0.3) is 0 Å². The second-order valence-corrected chi connectivity index (χ2v) is 6.08. The van der Waals surface area contributed by atoms with Crippen LogP contribution in [0.15, 0.2) is 18.5 Å². The maximum absolute atomic E-state index is 6.15. The minimum Gasteiger partial charge on any atom is -0.320 e. The predicted molar refractivity (Wildman–Crippen MR) is 66.8 cm³/mol. The van der Waals surface area contributed by atoms with Gasteiger partial charge in [-0.05, 0) is 23.8 Å². The van der Waals surface area contributed by atoms with Crippen molar-refractivity contribution >= 4 is 5.65 Å². The van der Waals surface area contributed by atoms with Crippen LogP contribution in [0.3, 0.4) is 0 Å². The first-order valence-corrected chi connectivity index (χ1v) is 6.04. The Balaban J connectivity index is 2.11. The van der Waals surface area contributed by atoms with Crippen LogP contribution in [0.25, 0.3) is 5.65 Å². The van der Waals surface area contributed by atoms with Crippen LogP contribution in [-0.4, -0.2) is 14.6 Å². The molecule has 2 heterocycles. The molecule has 4 nitrogen and oxygen atoms in total. The van der Waals surface area contributed by atoms with Crippen molar-refractivity contribution in [2.75, 3.05) is 0 Å². The number of nitrogens with two attached hydrogens (primary N) is 1. The number of nitrogens with zero attached hydrogens (tertiary/aromatic N) is 3. The van der Waals surface area contributed by atoms with Crippen LogP contribution < -0.4 is 5.73 Å². The first-order chi connectivity index (χ1) is 7.88. The van der Waals surface area contributed by atoms with Gasteiger partial charge in [0.05, 0.1) is 11.2 Å². The van der Waals surface area contributed by atoms with Gasteiger partial charge in [0.2, 0.25) is 0 Å². The molecule has 17 heavy (non-hydrogen) atoms. The van der Waals surface area contributed by atoms with Crippen LogP contribution in [0.1, 0.15) is 44.9 Å². The van der Waals surface area contributed by atoms with Crippen molar-refractivity contribution in [3.8, 4) is 0 Å². The molecule has 1 fully saturated rings. The zero-order chi connectivity index (χ0) is 12.3. The molecular formula is C13H18N4. The van der Waals surface area contributed by atoms with Crippen molar-refractivity contribution in [2.24, 2.45) is 5.73 Å². The Morgan fingerprint density at radius 3 is 2.65 bits per heavy atom. The van der Waals surface area contributed by atoms with Gasteiger partial charge >= 0.3 is 0 Å². The Labute approximate surface area is 101 Å². The highest BCUT2D eigenvalue weighted by Gasteiger charge is 2.42. The Bertz CT molecular complexity index is 569. The molecule has 1 aliphatic carbocycles. The van der Waals surface area contributed by atoms with Crippen molar-refractivity contribution in [1.82, 2.24) is 14.6 Å². The van der Waals surface area contributed by atoms with Crippen LogP contribution in [0.2, 0.25) is 0 Å². The van der Waals surface area contributed by atoms with Crippen LogP contribution in [0.4, 0.5) is 0 Å². The summed E-state index contributed by atoms with van der Waals surface area (Å²) in [5.41, 5.74) is 9.09. The average Bonchev–Trinajstić information content (AvgIpc) is 2.85. The molecule has 0 amide bonds. The van der Waals surface area contributed by atoms with Gasteiger partial charge in [0.15, 0.2) is 5.65 Å². The second kappa shape index (κ2) is 3.07. The largest absolute Gasteiger partial charge is 0.320 e. The molecule has 0 saturated heterocycles. The van der Waals surface area contributed by atoms with E-state index in [9.17, 15) is 0 Å². The van der Waals surface area contributed by atoms with Gasteiger partial charge in [-0.3, -0.25) is 0 Å². The number of rotatable bonds is 1. The Morgan fingerprint density at radius 1 is 1.35 bits per heavy atom. The molecule has 3 rings (SSSR count). The lowest BCUT2D eigenvalue weighted by atomic mass is 9.89. The fraction of sp³-hybridized carbons (Fsp3) is 0.538. The number of fused-ring (bicyclic) bond motifs is 1. The Hall–Kier alpha value is -1.42. The lowest BCUT2D eigenvalue weighted by Crippen LogP contribution is -2.19. The molecule has 4 heteroatoms. The normalized spacial score (nSPS) is 18.6. The summed E-state index contributed by atoms with van der Waals surface area (Å²) in [7, 11) is 0. The first kappa shape index (κ1) is 10.7. The third-order valence-corrected chi connectivity index (χ3v) is 3.48. The van der Waals surface area contributed by atoms with E-state index in [4.69, 9.17) is 5.73 Å². The van der Waals surface area contributed by atoms with E-state index >= 15 is 0 Å². The zero-order valence-electron chi connectivity index (χ0n) is 10.6. The molecule has 0 radical (unpaired) electrons. The van der Waals surface area contributed by atoms with Crippen molar-refractivity contribution < 1.29 is 0 Å². The maximum atomic E-state index is 6.15. The quantitative estimate of drug-likeness (QED) is 0.815. The Kier molecular flexibility index (Phi) is 1.94. The monoisotopic (exact) mass is 230 g/mol. The number of hydrogen-bond donors (Lipinski definition) is 1. The summed E-state index contributed by atoms with van der Waals surface area (Å²) < 4.78 is 1.85. The minimum absolute atomic E-state index is 0.0906. The van der Waals surface area contributed by atoms with E-state index in [-0.39, 0.29) is 11.0 Å². The molecule has 2 aromatic rings. The molecule has 0 unspecified atom stereocenters. The Morgan fingerprint density at radius 2 is 2.06 bits per heavy atom. The molecule has 1 aliphatic rings. The fourth-order valence-electron chi connectivity index (χ4n) is 1.90. The molecule has 0 spiro atoms. The predicted octanol–water partition coefficient (Wildman–Crippen LogP) is 1.97. The zero-order valence-corrected chi connectivity index (χ0v) is 10.6. The van der Waals surface area contributed by atoms with Gasteiger partial charge in [-0.25, -0.2) is 9.50 Å². The van der Waals surface area contributed by atoms with E-state index < -0.39 is 0 Å². The molecule has 90 valence electrons. The van der Waals surface area contributed by atoms with Crippen LogP contribution in [0, 0.1) is 0 Å². The van der Waals surface area contributed by atoms with Crippen LogP contribution >= 0.6 is 0 Å². The molecule has 0 atom stereocenters. The molecule has 0 aliphatic heterocycles. The standard InChI is InChI=1S/C13H18N4/c1-12(2,3)9-7-15-11-6-10(13(14)4-5-13)16-17(11)8-9/h6-8H,4-5,14H2,1-3H3. The number of aromatic nitrogens is 3. The lowest BCUT2D eigenvalue weighted by molar-refractivity contribution is 0.580. The molecular weight excluding hydrogens is 212 g/mol. The van der Waals surface area contributed by atoms with Gasteiger partial charge in [0.1, 0.15) is 0 Å². The van der Waals surface area contributed by atoms with Gasteiger partial charge < -0.3 is 5.73 Å². The third kappa shape index (κ3) is 1.72. The highest BCUT2D eigenvalue weighted by Crippen LogP contribution is 2.42. The number of hydrogen-bond acceptors (Lipinski definition) is 3. The highest BCUT2D eigenvalue weighted by atomic mass is 15.3.